The summed E-state index contributed by atoms with van der Waals surface area (Å²) >= 11 is 6.98. The van der Waals surface area contributed by atoms with E-state index in [1.54, 1.807) is 13.0 Å². The molecule has 0 aliphatic carbocycles. The summed E-state index contributed by atoms with van der Waals surface area (Å²) in [6.07, 6.45) is -0.454. The number of carbonyl (C=O) groups is 1. The van der Waals surface area contributed by atoms with Crippen LogP contribution in [0.4, 0.5) is 0 Å². The second-order valence-electron chi connectivity index (χ2n) is 4.66. The lowest BCUT2D eigenvalue weighted by molar-refractivity contribution is -0.145. The summed E-state index contributed by atoms with van der Waals surface area (Å²) in [7, 11) is -2.32. The summed E-state index contributed by atoms with van der Waals surface area (Å²) < 4.78 is 37.1. The lowest BCUT2D eigenvalue weighted by Gasteiger charge is -2.31. The Kier molecular flexibility index (Phi) is 5.26. The largest absolute Gasteiger partial charge is 0.469 e. The van der Waals surface area contributed by atoms with Crippen molar-refractivity contribution in [3.63, 3.8) is 0 Å². The molecule has 1 atom stereocenters. The van der Waals surface area contributed by atoms with E-state index >= 15 is 0 Å². The number of sulfonamides is 1. The third kappa shape index (κ3) is 3.75. The van der Waals surface area contributed by atoms with Crippen LogP contribution >= 0.6 is 22.9 Å². The number of rotatable bonds is 4. The highest BCUT2D eigenvalue weighted by atomic mass is 35.5. The van der Waals surface area contributed by atoms with Gasteiger partial charge in [0, 0.05) is 13.1 Å². The maximum Gasteiger partial charge on any atom is 0.308 e. The Balaban J connectivity index is 2.14. The molecule has 1 aromatic heterocycles. The number of halogens is 1. The molecule has 0 spiro atoms. The number of hydrogen-bond acceptors (Lipinski definition) is 6. The van der Waals surface area contributed by atoms with Gasteiger partial charge in [-0.2, -0.15) is 4.31 Å². The van der Waals surface area contributed by atoms with Crippen molar-refractivity contribution >= 4 is 38.9 Å². The normalized spacial score (nSPS) is 20.4. The number of methoxy groups -OCH3 is 1. The van der Waals surface area contributed by atoms with Crippen LogP contribution in [0.5, 0.6) is 0 Å². The number of esters is 1. The molecule has 6 nitrogen and oxygen atoms in total. The fourth-order valence-electron chi connectivity index (χ4n) is 1.99. The highest BCUT2D eigenvalue weighted by Gasteiger charge is 2.33. The van der Waals surface area contributed by atoms with E-state index in [-0.39, 0.29) is 30.3 Å². The van der Waals surface area contributed by atoms with E-state index in [1.165, 1.54) is 11.4 Å². The van der Waals surface area contributed by atoms with Crippen LogP contribution < -0.4 is 0 Å². The van der Waals surface area contributed by atoms with Crippen LogP contribution in [0.3, 0.4) is 0 Å². The van der Waals surface area contributed by atoms with Gasteiger partial charge in [-0.15, -0.1) is 11.3 Å². The number of ether oxygens (including phenoxy) is 2. The summed E-state index contributed by atoms with van der Waals surface area (Å²) in [6.45, 7) is 2.40. The van der Waals surface area contributed by atoms with Crippen LogP contribution in [0.25, 0.3) is 0 Å². The predicted molar refractivity (Wildman–Crippen MR) is 79.2 cm³/mol. The summed E-state index contributed by atoms with van der Waals surface area (Å²) in [4.78, 5) is 11.3. The quantitative estimate of drug-likeness (QED) is 0.770. The molecule has 21 heavy (non-hydrogen) atoms. The van der Waals surface area contributed by atoms with Gasteiger partial charge in [-0.25, -0.2) is 8.42 Å². The van der Waals surface area contributed by atoms with E-state index in [2.05, 4.69) is 4.74 Å². The Morgan fingerprint density at radius 2 is 2.33 bits per heavy atom. The molecule has 118 valence electrons. The zero-order valence-electron chi connectivity index (χ0n) is 11.7. The highest BCUT2D eigenvalue weighted by Crippen LogP contribution is 2.32. The monoisotopic (exact) mass is 353 g/mol. The fourth-order valence-corrected chi connectivity index (χ4v) is 5.31. The van der Waals surface area contributed by atoms with Crippen LogP contribution in [-0.2, 0) is 24.3 Å². The number of nitrogens with zero attached hydrogens (tertiary/aromatic N) is 1. The Labute approximate surface area is 132 Å². The average Bonchev–Trinajstić information content (AvgIpc) is 2.79. The van der Waals surface area contributed by atoms with E-state index in [0.717, 1.165) is 16.9 Å². The molecule has 0 saturated carbocycles. The van der Waals surface area contributed by atoms with Crippen molar-refractivity contribution in [2.75, 3.05) is 26.8 Å². The maximum atomic E-state index is 12.6. The molecule has 1 aliphatic rings. The van der Waals surface area contributed by atoms with Crippen LogP contribution in [0.15, 0.2) is 10.3 Å². The highest BCUT2D eigenvalue weighted by molar-refractivity contribution is 7.91. The van der Waals surface area contributed by atoms with Crippen molar-refractivity contribution in [2.45, 2.75) is 23.7 Å². The van der Waals surface area contributed by atoms with Crippen LogP contribution in [0.1, 0.15) is 12.0 Å². The summed E-state index contributed by atoms with van der Waals surface area (Å²) in [5.74, 6) is -0.422. The Bertz CT molecular complexity index is 608. The minimum atomic E-state index is -3.60. The SMILES string of the molecule is COC(=O)CC1CN(S(=O)(=O)c2cc(C)c(Cl)s2)CCO1. The number of morpholine rings is 1. The van der Waals surface area contributed by atoms with Crippen molar-refractivity contribution in [1.82, 2.24) is 4.31 Å². The van der Waals surface area contributed by atoms with Gasteiger partial charge in [-0.3, -0.25) is 4.79 Å². The van der Waals surface area contributed by atoms with Crippen molar-refractivity contribution in [2.24, 2.45) is 0 Å². The average molecular weight is 354 g/mol. The number of carbonyl (C=O) groups excluding carboxylic acids is 1. The minimum absolute atomic E-state index is 0.0345. The minimum Gasteiger partial charge on any atom is -0.469 e. The van der Waals surface area contributed by atoms with E-state index in [0.29, 0.717) is 4.34 Å². The molecule has 0 radical (unpaired) electrons. The maximum absolute atomic E-state index is 12.6. The summed E-state index contributed by atoms with van der Waals surface area (Å²) in [5.41, 5.74) is 0.736. The Morgan fingerprint density at radius 3 is 2.90 bits per heavy atom. The molecule has 2 rings (SSSR count). The molecule has 1 saturated heterocycles. The number of aryl methyl sites for hydroxylation is 1. The molecular formula is C12H16ClNO5S2. The molecule has 0 aromatic carbocycles. The smallest absolute Gasteiger partial charge is 0.308 e. The van der Waals surface area contributed by atoms with Gasteiger partial charge in [0.15, 0.2) is 0 Å². The van der Waals surface area contributed by atoms with E-state index in [9.17, 15) is 13.2 Å². The molecule has 1 fully saturated rings. The van der Waals surface area contributed by atoms with Gasteiger partial charge in [-0.1, -0.05) is 11.6 Å². The van der Waals surface area contributed by atoms with Crippen LogP contribution in [-0.4, -0.2) is 51.6 Å². The fraction of sp³-hybridized carbons (Fsp3) is 0.583. The van der Waals surface area contributed by atoms with E-state index in [4.69, 9.17) is 16.3 Å². The standard InChI is InChI=1S/C12H16ClNO5S2/c1-8-5-11(20-12(8)13)21(16,17)14-3-4-19-9(7-14)6-10(15)18-2/h5,9H,3-4,6-7H2,1-2H3. The topological polar surface area (TPSA) is 72.9 Å². The lowest BCUT2D eigenvalue weighted by Crippen LogP contribution is -2.46. The Morgan fingerprint density at radius 1 is 1.62 bits per heavy atom. The zero-order valence-corrected chi connectivity index (χ0v) is 14.1. The molecule has 2 heterocycles. The van der Waals surface area contributed by atoms with Crippen molar-refractivity contribution < 1.29 is 22.7 Å². The first-order valence-electron chi connectivity index (χ1n) is 6.29. The van der Waals surface area contributed by atoms with Crippen molar-refractivity contribution in [3.8, 4) is 0 Å². The van der Waals surface area contributed by atoms with Gasteiger partial charge in [0.25, 0.3) is 10.0 Å². The molecule has 0 bridgehead atoms. The van der Waals surface area contributed by atoms with E-state index < -0.39 is 22.1 Å². The van der Waals surface area contributed by atoms with Gasteiger partial charge in [-0.05, 0) is 18.6 Å². The zero-order chi connectivity index (χ0) is 15.6. The number of hydrogen-bond donors (Lipinski definition) is 0. The van der Waals surface area contributed by atoms with Crippen molar-refractivity contribution in [1.29, 1.82) is 0 Å². The van der Waals surface area contributed by atoms with Gasteiger partial charge < -0.3 is 9.47 Å². The second kappa shape index (κ2) is 6.62. The van der Waals surface area contributed by atoms with Gasteiger partial charge in [0.05, 0.1) is 30.6 Å². The third-order valence-electron chi connectivity index (χ3n) is 3.15. The van der Waals surface area contributed by atoms with E-state index in [1.807, 2.05) is 0 Å². The van der Waals surface area contributed by atoms with Crippen LogP contribution in [0.2, 0.25) is 4.34 Å². The number of thiophene rings is 1. The van der Waals surface area contributed by atoms with Gasteiger partial charge in [0.1, 0.15) is 4.21 Å². The summed E-state index contributed by atoms with van der Waals surface area (Å²) in [6, 6.07) is 1.56. The molecular weight excluding hydrogens is 338 g/mol. The summed E-state index contributed by atoms with van der Waals surface area (Å²) in [5, 5.41) is 0. The van der Waals surface area contributed by atoms with Crippen LogP contribution in [0, 0.1) is 6.92 Å². The first-order valence-corrected chi connectivity index (χ1v) is 8.92. The predicted octanol–water partition coefficient (Wildman–Crippen LogP) is 1.66. The Hall–Kier alpha value is -0.670. The second-order valence-corrected chi connectivity index (χ2v) is 8.48. The van der Waals surface area contributed by atoms with Gasteiger partial charge >= 0.3 is 5.97 Å². The molecule has 1 aliphatic heterocycles. The molecule has 1 unspecified atom stereocenters. The van der Waals surface area contributed by atoms with Crippen molar-refractivity contribution in [3.05, 3.63) is 16.0 Å². The lowest BCUT2D eigenvalue weighted by atomic mass is 10.2. The molecule has 0 N–H and O–H groups in total. The van der Waals surface area contributed by atoms with Gasteiger partial charge in [0.2, 0.25) is 0 Å². The first-order chi connectivity index (χ1) is 9.84. The molecule has 9 heteroatoms. The first kappa shape index (κ1) is 16.7. The molecule has 0 amide bonds. The third-order valence-corrected chi connectivity index (χ3v) is 7.02. The molecule has 1 aromatic rings.